The maximum Gasteiger partial charge on any atom is 0.275 e. The molecule has 2 aliphatic heterocycles. The Kier molecular flexibility index (Phi) is 5.61. The summed E-state index contributed by atoms with van der Waals surface area (Å²) in [5.41, 5.74) is 4.77. The van der Waals surface area contributed by atoms with Crippen molar-refractivity contribution in [1.82, 2.24) is 20.5 Å². The first kappa shape index (κ1) is 20.0. The van der Waals surface area contributed by atoms with Crippen LogP contribution < -0.4 is 20.4 Å². The first-order valence-corrected chi connectivity index (χ1v) is 11.6. The molecule has 1 amide bonds. The fourth-order valence-electron chi connectivity index (χ4n) is 4.35. The Labute approximate surface area is 185 Å². The van der Waals surface area contributed by atoms with E-state index in [1.165, 1.54) is 22.6 Å². The number of H-pyrrole nitrogens is 1. The van der Waals surface area contributed by atoms with Crippen molar-refractivity contribution in [2.45, 2.75) is 31.8 Å². The number of anilines is 3. The second-order valence-corrected chi connectivity index (χ2v) is 8.92. The number of amides is 1. The van der Waals surface area contributed by atoms with Crippen molar-refractivity contribution in [3.05, 3.63) is 52.8 Å². The minimum atomic E-state index is -0.166. The van der Waals surface area contributed by atoms with Crippen LogP contribution in [0.2, 0.25) is 0 Å². The second-order valence-electron chi connectivity index (χ2n) is 8.08. The maximum atomic E-state index is 13.0. The highest BCUT2D eigenvalue weighted by atomic mass is 32.1. The number of aromatic amines is 1. The van der Waals surface area contributed by atoms with Gasteiger partial charge < -0.3 is 20.4 Å². The standard InChI is InChI=1S/C22H27N7OS/c1-23-16-6-9-28(10-7-16)20-5-3-2-4-18(20)25-21(30)19-14-31-22(26-19)29-11-8-17-15(13-29)12-24-27-17/h2-5,12,14,16,23H,6-11,13H2,1H3,(H,24,27)(H,25,30). The summed E-state index contributed by atoms with van der Waals surface area (Å²) in [5, 5.41) is 16.4. The third-order valence-corrected chi connectivity index (χ3v) is 7.09. The molecule has 0 saturated carbocycles. The van der Waals surface area contributed by atoms with Crippen LogP contribution in [0.5, 0.6) is 0 Å². The highest BCUT2D eigenvalue weighted by Crippen LogP contribution is 2.30. The van der Waals surface area contributed by atoms with Gasteiger partial charge in [0.25, 0.3) is 5.91 Å². The number of piperidine rings is 1. The summed E-state index contributed by atoms with van der Waals surface area (Å²) in [4.78, 5) is 22.2. The monoisotopic (exact) mass is 437 g/mol. The van der Waals surface area contributed by atoms with Crippen LogP contribution in [0.25, 0.3) is 0 Å². The van der Waals surface area contributed by atoms with Gasteiger partial charge in [0.15, 0.2) is 5.13 Å². The number of para-hydroxylation sites is 2. The molecule has 0 bridgehead atoms. The van der Waals surface area contributed by atoms with Gasteiger partial charge in [0.1, 0.15) is 5.69 Å². The molecule has 5 rings (SSSR count). The first-order chi connectivity index (χ1) is 15.2. The number of hydrogen-bond acceptors (Lipinski definition) is 7. The molecule has 1 fully saturated rings. The SMILES string of the molecule is CNC1CCN(c2ccccc2NC(=O)c2csc(N3CCc4[nH]ncc4C3)n2)CC1. The zero-order valence-electron chi connectivity index (χ0n) is 17.6. The Hall–Kier alpha value is -2.91. The molecule has 0 unspecified atom stereocenters. The molecule has 1 aromatic carbocycles. The summed E-state index contributed by atoms with van der Waals surface area (Å²) in [6.45, 7) is 3.59. The lowest BCUT2D eigenvalue weighted by Crippen LogP contribution is -2.41. The smallest absolute Gasteiger partial charge is 0.275 e. The van der Waals surface area contributed by atoms with E-state index in [-0.39, 0.29) is 5.91 Å². The van der Waals surface area contributed by atoms with Gasteiger partial charge in [0.05, 0.1) is 17.6 Å². The van der Waals surface area contributed by atoms with E-state index in [0.29, 0.717) is 11.7 Å². The molecular formula is C22H27N7OS. The van der Waals surface area contributed by atoms with E-state index < -0.39 is 0 Å². The Bertz CT molecular complexity index is 1050. The zero-order valence-corrected chi connectivity index (χ0v) is 18.4. The van der Waals surface area contributed by atoms with Crippen molar-refractivity contribution in [3.8, 4) is 0 Å². The number of carbonyl (C=O) groups is 1. The van der Waals surface area contributed by atoms with Gasteiger partial charge in [-0.25, -0.2) is 4.98 Å². The normalized spacial score (nSPS) is 16.9. The molecule has 162 valence electrons. The molecule has 0 spiro atoms. The number of nitrogens with zero attached hydrogens (tertiary/aromatic N) is 4. The van der Waals surface area contributed by atoms with E-state index in [4.69, 9.17) is 0 Å². The minimum absolute atomic E-state index is 0.166. The fraction of sp³-hybridized carbons (Fsp3) is 0.409. The van der Waals surface area contributed by atoms with Crippen molar-refractivity contribution in [1.29, 1.82) is 0 Å². The molecule has 0 radical (unpaired) electrons. The molecule has 8 nitrogen and oxygen atoms in total. The van der Waals surface area contributed by atoms with Crippen LogP contribution in [-0.2, 0) is 13.0 Å². The van der Waals surface area contributed by atoms with Crippen molar-refractivity contribution < 1.29 is 4.79 Å². The number of carbonyl (C=O) groups excluding carboxylic acids is 1. The maximum absolute atomic E-state index is 13.0. The van der Waals surface area contributed by atoms with E-state index in [9.17, 15) is 4.79 Å². The van der Waals surface area contributed by atoms with Gasteiger partial charge in [-0.15, -0.1) is 11.3 Å². The third kappa shape index (κ3) is 4.15. The summed E-state index contributed by atoms with van der Waals surface area (Å²) in [7, 11) is 2.02. The second kappa shape index (κ2) is 8.68. The van der Waals surface area contributed by atoms with Crippen molar-refractivity contribution in [2.24, 2.45) is 0 Å². The molecule has 0 atom stereocenters. The third-order valence-electron chi connectivity index (χ3n) is 6.19. The van der Waals surface area contributed by atoms with Crippen LogP contribution >= 0.6 is 11.3 Å². The predicted molar refractivity (Wildman–Crippen MR) is 124 cm³/mol. The zero-order chi connectivity index (χ0) is 21.2. The van der Waals surface area contributed by atoms with Gasteiger partial charge in [0.2, 0.25) is 0 Å². The number of benzene rings is 1. The van der Waals surface area contributed by atoms with Crippen LogP contribution in [0.3, 0.4) is 0 Å². The molecule has 1 saturated heterocycles. The van der Waals surface area contributed by atoms with Crippen LogP contribution in [0, 0.1) is 0 Å². The number of fused-ring (bicyclic) bond motifs is 1. The van der Waals surface area contributed by atoms with Crippen LogP contribution in [0.1, 0.15) is 34.6 Å². The van der Waals surface area contributed by atoms with Gasteiger partial charge in [-0.2, -0.15) is 5.10 Å². The summed E-state index contributed by atoms with van der Waals surface area (Å²) in [6.07, 6.45) is 4.98. The molecule has 0 aliphatic carbocycles. The highest BCUT2D eigenvalue weighted by Gasteiger charge is 2.23. The molecule has 4 heterocycles. The molecular weight excluding hydrogens is 410 g/mol. The average Bonchev–Trinajstić information content (AvgIpc) is 3.49. The lowest BCUT2D eigenvalue weighted by atomic mass is 10.0. The molecule has 31 heavy (non-hydrogen) atoms. The van der Waals surface area contributed by atoms with Crippen molar-refractivity contribution >= 4 is 33.8 Å². The number of aromatic nitrogens is 3. The quantitative estimate of drug-likeness (QED) is 0.569. The predicted octanol–water partition coefficient (Wildman–Crippen LogP) is 2.87. The van der Waals surface area contributed by atoms with E-state index in [0.717, 1.165) is 61.9 Å². The Morgan fingerprint density at radius 2 is 2.03 bits per heavy atom. The number of rotatable bonds is 5. The molecule has 3 aromatic rings. The lowest BCUT2D eigenvalue weighted by Gasteiger charge is -2.34. The molecule has 2 aromatic heterocycles. The topological polar surface area (TPSA) is 89.2 Å². The largest absolute Gasteiger partial charge is 0.370 e. The van der Waals surface area contributed by atoms with Crippen LogP contribution in [0.4, 0.5) is 16.5 Å². The lowest BCUT2D eigenvalue weighted by molar-refractivity contribution is 0.102. The van der Waals surface area contributed by atoms with E-state index >= 15 is 0 Å². The first-order valence-electron chi connectivity index (χ1n) is 10.8. The summed E-state index contributed by atoms with van der Waals surface area (Å²) in [6, 6.07) is 8.60. The number of hydrogen-bond donors (Lipinski definition) is 3. The summed E-state index contributed by atoms with van der Waals surface area (Å²) >= 11 is 1.51. The van der Waals surface area contributed by atoms with Gasteiger partial charge in [-0.1, -0.05) is 12.1 Å². The fourth-order valence-corrected chi connectivity index (χ4v) is 5.18. The van der Waals surface area contributed by atoms with Crippen LogP contribution in [-0.4, -0.2) is 53.8 Å². The van der Waals surface area contributed by atoms with E-state index in [1.807, 2.05) is 36.8 Å². The Morgan fingerprint density at radius 3 is 2.87 bits per heavy atom. The Morgan fingerprint density at radius 1 is 1.19 bits per heavy atom. The molecule has 9 heteroatoms. The van der Waals surface area contributed by atoms with E-state index in [2.05, 4.69) is 41.7 Å². The molecule has 2 aliphatic rings. The molecule has 3 N–H and O–H groups in total. The minimum Gasteiger partial charge on any atom is -0.370 e. The number of nitrogens with one attached hydrogen (secondary N) is 3. The summed E-state index contributed by atoms with van der Waals surface area (Å²) in [5.74, 6) is -0.166. The van der Waals surface area contributed by atoms with Crippen LogP contribution in [0.15, 0.2) is 35.8 Å². The Balaban J connectivity index is 1.27. The number of thiazole rings is 1. The van der Waals surface area contributed by atoms with Gasteiger partial charge in [0, 0.05) is 55.3 Å². The van der Waals surface area contributed by atoms with Gasteiger partial charge in [-0.05, 0) is 32.0 Å². The van der Waals surface area contributed by atoms with Gasteiger partial charge >= 0.3 is 0 Å². The highest BCUT2D eigenvalue weighted by molar-refractivity contribution is 7.13. The summed E-state index contributed by atoms with van der Waals surface area (Å²) < 4.78 is 0. The average molecular weight is 438 g/mol. The van der Waals surface area contributed by atoms with Crippen molar-refractivity contribution in [2.75, 3.05) is 41.8 Å². The van der Waals surface area contributed by atoms with Crippen molar-refractivity contribution in [3.63, 3.8) is 0 Å². The van der Waals surface area contributed by atoms with E-state index in [1.54, 1.807) is 0 Å². The van der Waals surface area contributed by atoms with Gasteiger partial charge in [-0.3, -0.25) is 9.89 Å².